The predicted octanol–water partition coefficient (Wildman–Crippen LogP) is 3.62. The molecule has 3 aromatic rings. The molecular weight excluding hydrogens is 519 g/mol. The van der Waals surface area contributed by atoms with Crippen molar-refractivity contribution in [1.82, 2.24) is 25.5 Å². The van der Waals surface area contributed by atoms with Crippen molar-refractivity contribution in [1.29, 1.82) is 0 Å². The quantitative estimate of drug-likeness (QED) is 0.496. The molecular formula is C20H18ClIN6O2. The number of hydrogen-bond acceptors (Lipinski definition) is 5. The zero-order valence-electron chi connectivity index (χ0n) is 15.8. The number of rotatable bonds is 4. The number of aromatic nitrogens is 4. The third-order valence-electron chi connectivity index (χ3n) is 5.05. The highest BCUT2D eigenvalue weighted by molar-refractivity contribution is 14.1. The normalized spacial score (nSPS) is 14.5. The van der Waals surface area contributed by atoms with Crippen LogP contribution in [0.4, 0.5) is 5.69 Å². The van der Waals surface area contributed by atoms with Gasteiger partial charge in [-0.05, 0) is 71.0 Å². The Morgan fingerprint density at radius 1 is 1.17 bits per heavy atom. The zero-order valence-corrected chi connectivity index (χ0v) is 18.7. The number of hydrogen-bond donors (Lipinski definition) is 2. The van der Waals surface area contributed by atoms with Crippen LogP contribution in [0.15, 0.2) is 42.5 Å². The summed E-state index contributed by atoms with van der Waals surface area (Å²) < 4.78 is 0.825. The Bertz CT molecular complexity index is 1070. The number of halogens is 2. The molecule has 0 bridgehead atoms. The van der Waals surface area contributed by atoms with E-state index in [0.29, 0.717) is 48.0 Å². The lowest BCUT2D eigenvalue weighted by Gasteiger charge is -2.31. The van der Waals surface area contributed by atoms with E-state index in [2.05, 4.69) is 48.5 Å². The van der Waals surface area contributed by atoms with Crippen molar-refractivity contribution in [2.75, 3.05) is 18.4 Å². The van der Waals surface area contributed by atoms with Gasteiger partial charge in [0, 0.05) is 38.9 Å². The lowest BCUT2D eigenvalue weighted by molar-refractivity contribution is -0.121. The van der Waals surface area contributed by atoms with Crippen molar-refractivity contribution in [3.63, 3.8) is 0 Å². The fourth-order valence-electron chi connectivity index (χ4n) is 3.44. The van der Waals surface area contributed by atoms with E-state index in [1.54, 1.807) is 23.1 Å². The SMILES string of the molecule is O=C(Nc1cccc(-c2nn[nH]n2)c1)C1CCN(C(=O)c2ccc(Cl)cc2I)CC1. The highest BCUT2D eigenvalue weighted by atomic mass is 127. The van der Waals surface area contributed by atoms with Crippen molar-refractivity contribution in [3.05, 3.63) is 56.6 Å². The van der Waals surface area contributed by atoms with E-state index in [9.17, 15) is 9.59 Å². The Hall–Kier alpha value is -2.53. The molecule has 0 aliphatic carbocycles. The van der Waals surface area contributed by atoms with Gasteiger partial charge in [0.25, 0.3) is 5.91 Å². The monoisotopic (exact) mass is 536 g/mol. The van der Waals surface area contributed by atoms with Crippen molar-refractivity contribution in [2.45, 2.75) is 12.8 Å². The molecule has 1 aliphatic heterocycles. The van der Waals surface area contributed by atoms with Crippen LogP contribution in [0, 0.1) is 9.49 Å². The van der Waals surface area contributed by atoms with Gasteiger partial charge in [-0.25, -0.2) is 0 Å². The van der Waals surface area contributed by atoms with Gasteiger partial charge in [0.15, 0.2) is 0 Å². The summed E-state index contributed by atoms with van der Waals surface area (Å²) in [5, 5.41) is 17.4. The van der Waals surface area contributed by atoms with Gasteiger partial charge in [0.05, 0.1) is 5.56 Å². The number of H-pyrrole nitrogens is 1. The average molecular weight is 537 g/mol. The van der Waals surface area contributed by atoms with Crippen LogP contribution < -0.4 is 5.32 Å². The molecule has 1 aliphatic rings. The van der Waals surface area contributed by atoms with Crippen molar-refractivity contribution in [2.24, 2.45) is 5.92 Å². The zero-order chi connectivity index (χ0) is 21.1. The maximum absolute atomic E-state index is 12.8. The average Bonchev–Trinajstić information content (AvgIpc) is 3.29. The fraction of sp³-hybridized carbons (Fsp3) is 0.250. The van der Waals surface area contributed by atoms with Gasteiger partial charge >= 0.3 is 0 Å². The van der Waals surface area contributed by atoms with Gasteiger partial charge in [-0.2, -0.15) is 5.21 Å². The topological polar surface area (TPSA) is 104 Å². The van der Waals surface area contributed by atoms with Crippen LogP contribution in [0.25, 0.3) is 11.4 Å². The van der Waals surface area contributed by atoms with Gasteiger partial charge in [-0.1, -0.05) is 23.7 Å². The molecule has 154 valence electrons. The van der Waals surface area contributed by atoms with Crippen molar-refractivity contribution < 1.29 is 9.59 Å². The Labute approximate surface area is 191 Å². The minimum Gasteiger partial charge on any atom is -0.339 e. The van der Waals surface area contributed by atoms with E-state index in [0.717, 1.165) is 9.13 Å². The second-order valence-electron chi connectivity index (χ2n) is 7.00. The van der Waals surface area contributed by atoms with Crippen LogP contribution >= 0.6 is 34.2 Å². The highest BCUT2D eigenvalue weighted by Gasteiger charge is 2.28. The van der Waals surface area contributed by atoms with Gasteiger partial charge in [-0.15, -0.1) is 10.2 Å². The standard InChI is InChI=1S/C20H18ClIN6O2/c21-14-4-5-16(17(22)11-14)20(30)28-8-6-12(7-9-28)19(29)23-15-3-1-2-13(10-15)18-24-26-27-25-18/h1-5,10-12H,6-9H2,(H,23,29)(H,24,25,26,27). The summed E-state index contributed by atoms with van der Waals surface area (Å²) >= 11 is 8.10. The fourth-order valence-corrected chi connectivity index (χ4v) is 4.54. The summed E-state index contributed by atoms with van der Waals surface area (Å²) in [5.41, 5.74) is 2.08. The molecule has 2 amide bonds. The molecule has 4 rings (SSSR count). The van der Waals surface area contributed by atoms with Crippen LogP contribution in [-0.2, 0) is 4.79 Å². The third-order valence-corrected chi connectivity index (χ3v) is 6.18. The van der Waals surface area contributed by atoms with Crippen LogP contribution in [0.2, 0.25) is 5.02 Å². The molecule has 30 heavy (non-hydrogen) atoms. The summed E-state index contributed by atoms with van der Waals surface area (Å²) in [5.74, 6) is 0.248. The molecule has 2 aromatic carbocycles. The van der Waals surface area contributed by atoms with Gasteiger partial charge in [-0.3, -0.25) is 9.59 Å². The van der Waals surface area contributed by atoms with Crippen molar-refractivity contribution >= 4 is 51.7 Å². The number of aromatic amines is 1. The first-order chi connectivity index (χ1) is 14.5. The van der Waals surface area contributed by atoms with Crippen LogP contribution in [-0.4, -0.2) is 50.4 Å². The van der Waals surface area contributed by atoms with E-state index in [1.807, 2.05) is 24.3 Å². The summed E-state index contributed by atoms with van der Waals surface area (Å²) in [7, 11) is 0. The molecule has 0 unspecified atom stereocenters. The lowest BCUT2D eigenvalue weighted by Crippen LogP contribution is -2.41. The number of nitrogens with one attached hydrogen (secondary N) is 2. The molecule has 10 heteroatoms. The molecule has 0 radical (unpaired) electrons. The minimum absolute atomic E-state index is 0.0252. The molecule has 1 fully saturated rings. The second-order valence-corrected chi connectivity index (χ2v) is 8.59. The first-order valence-electron chi connectivity index (χ1n) is 9.40. The van der Waals surface area contributed by atoms with E-state index in [1.165, 1.54) is 0 Å². The van der Waals surface area contributed by atoms with Crippen LogP contribution in [0.5, 0.6) is 0 Å². The summed E-state index contributed by atoms with van der Waals surface area (Å²) in [6.07, 6.45) is 1.23. The molecule has 1 saturated heterocycles. The van der Waals surface area contributed by atoms with E-state index >= 15 is 0 Å². The molecule has 0 saturated carbocycles. The Morgan fingerprint density at radius 2 is 1.97 bits per heavy atom. The Kier molecular flexibility index (Phi) is 6.28. The second kappa shape index (κ2) is 9.09. The van der Waals surface area contributed by atoms with E-state index in [-0.39, 0.29) is 17.7 Å². The number of piperidine rings is 1. The van der Waals surface area contributed by atoms with Gasteiger partial charge < -0.3 is 10.2 Å². The third kappa shape index (κ3) is 4.62. The van der Waals surface area contributed by atoms with Gasteiger partial charge in [0.2, 0.25) is 11.7 Å². The summed E-state index contributed by atoms with van der Waals surface area (Å²) in [6.45, 7) is 1.08. The smallest absolute Gasteiger partial charge is 0.254 e. The number of carbonyl (C=O) groups is 2. The molecule has 8 nitrogen and oxygen atoms in total. The summed E-state index contributed by atoms with van der Waals surface area (Å²) in [4.78, 5) is 27.3. The predicted molar refractivity (Wildman–Crippen MR) is 121 cm³/mol. The molecule has 2 heterocycles. The Balaban J connectivity index is 1.35. The highest BCUT2D eigenvalue weighted by Crippen LogP contribution is 2.25. The largest absolute Gasteiger partial charge is 0.339 e. The van der Waals surface area contributed by atoms with Crippen LogP contribution in [0.3, 0.4) is 0 Å². The first kappa shape index (κ1) is 20.7. The lowest BCUT2D eigenvalue weighted by atomic mass is 9.95. The number of anilines is 1. The van der Waals surface area contributed by atoms with E-state index < -0.39 is 0 Å². The first-order valence-corrected chi connectivity index (χ1v) is 10.9. The molecule has 1 aromatic heterocycles. The van der Waals surface area contributed by atoms with Crippen LogP contribution in [0.1, 0.15) is 23.2 Å². The molecule has 0 atom stereocenters. The molecule has 2 N–H and O–H groups in total. The van der Waals surface area contributed by atoms with E-state index in [4.69, 9.17) is 11.6 Å². The minimum atomic E-state index is -0.146. The number of nitrogens with zero attached hydrogens (tertiary/aromatic N) is 4. The number of carbonyl (C=O) groups excluding carboxylic acids is 2. The molecule has 0 spiro atoms. The maximum Gasteiger partial charge on any atom is 0.254 e. The Morgan fingerprint density at radius 3 is 2.67 bits per heavy atom. The summed E-state index contributed by atoms with van der Waals surface area (Å²) in [6, 6.07) is 12.6. The maximum atomic E-state index is 12.8. The number of likely N-dealkylation sites (tertiary alicyclic amines) is 1. The van der Waals surface area contributed by atoms with Gasteiger partial charge in [0.1, 0.15) is 0 Å². The van der Waals surface area contributed by atoms with Crippen molar-refractivity contribution in [3.8, 4) is 11.4 Å². The number of amides is 2. The number of tetrazole rings is 1. The number of benzene rings is 2.